The van der Waals surface area contributed by atoms with Crippen molar-refractivity contribution in [1.82, 2.24) is 4.90 Å². The highest BCUT2D eigenvalue weighted by Gasteiger charge is 2.31. The van der Waals surface area contributed by atoms with Gasteiger partial charge < -0.3 is 14.7 Å². The van der Waals surface area contributed by atoms with Crippen LogP contribution in [0.3, 0.4) is 0 Å². The lowest BCUT2D eigenvalue weighted by atomic mass is 10.0. The Kier molecular flexibility index (Phi) is 6.38. The first kappa shape index (κ1) is 22.5. The smallest absolute Gasteiger partial charge is 0.416 e. The van der Waals surface area contributed by atoms with Crippen LogP contribution >= 0.6 is 11.6 Å². The first-order valence-corrected chi connectivity index (χ1v) is 10.9. The van der Waals surface area contributed by atoms with E-state index in [-0.39, 0.29) is 11.5 Å². The van der Waals surface area contributed by atoms with E-state index in [0.717, 1.165) is 42.7 Å². The van der Waals surface area contributed by atoms with Gasteiger partial charge in [0.2, 0.25) is 0 Å². The normalized spacial score (nSPS) is 18.6. The van der Waals surface area contributed by atoms with Crippen LogP contribution in [0, 0.1) is 5.92 Å². The number of halogens is 4. The molecule has 1 saturated carbocycles. The summed E-state index contributed by atoms with van der Waals surface area (Å²) in [5, 5.41) is 9.53. The van der Waals surface area contributed by atoms with Crippen LogP contribution in [0.25, 0.3) is 0 Å². The van der Waals surface area contributed by atoms with Gasteiger partial charge in [0, 0.05) is 24.0 Å². The molecule has 0 saturated heterocycles. The van der Waals surface area contributed by atoms with Gasteiger partial charge in [-0.25, -0.2) is 4.79 Å². The third-order valence-corrected chi connectivity index (χ3v) is 6.20. The van der Waals surface area contributed by atoms with E-state index in [2.05, 4.69) is 0 Å². The van der Waals surface area contributed by atoms with Gasteiger partial charge in [-0.05, 0) is 78.9 Å². The number of carbonyl (C=O) groups is 1. The van der Waals surface area contributed by atoms with Crippen molar-refractivity contribution in [2.45, 2.75) is 37.9 Å². The molecule has 2 aromatic carbocycles. The second kappa shape index (κ2) is 9.06. The summed E-state index contributed by atoms with van der Waals surface area (Å²) in [6, 6.07) is 8.37. The number of carboxylic acids is 1. The standard InChI is InChI=1S/C24H23ClF3NO3/c25-21-5-4-19(24(26,27)28)11-18(21)13-29-9-7-15(8-10-29)14-32-22-6-3-17(23(30)31)12-20(22)16-1-2-16/h3-7,9,11-12,15-16H,1-2,8,10,13-14H2,(H,30,31). The summed E-state index contributed by atoms with van der Waals surface area (Å²) < 4.78 is 45.0. The monoisotopic (exact) mass is 465 g/mol. The predicted octanol–water partition coefficient (Wildman–Crippen LogP) is 6.35. The second-order valence-corrected chi connectivity index (χ2v) is 8.71. The minimum Gasteiger partial charge on any atom is -0.493 e. The minimum atomic E-state index is -4.40. The fourth-order valence-corrected chi connectivity index (χ4v) is 4.01. The predicted molar refractivity (Wildman–Crippen MR) is 115 cm³/mol. The van der Waals surface area contributed by atoms with Crippen LogP contribution in [0.5, 0.6) is 5.75 Å². The molecular weight excluding hydrogens is 443 g/mol. The molecule has 0 amide bonds. The number of hydrogen-bond acceptors (Lipinski definition) is 3. The number of benzene rings is 2. The second-order valence-electron chi connectivity index (χ2n) is 8.31. The van der Waals surface area contributed by atoms with Gasteiger partial charge >= 0.3 is 12.1 Å². The zero-order chi connectivity index (χ0) is 22.9. The first-order chi connectivity index (χ1) is 15.2. The van der Waals surface area contributed by atoms with E-state index in [4.69, 9.17) is 16.3 Å². The molecule has 1 aliphatic carbocycles. The molecule has 4 rings (SSSR count). The number of rotatable bonds is 7. The lowest BCUT2D eigenvalue weighted by molar-refractivity contribution is -0.137. The summed E-state index contributed by atoms with van der Waals surface area (Å²) in [5.41, 5.74) is 0.948. The summed E-state index contributed by atoms with van der Waals surface area (Å²) in [6.45, 7) is 1.43. The van der Waals surface area contributed by atoms with Crippen molar-refractivity contribution in [1.29, 1.82) is 0 Å². The van der Waals surface area contributed by atoms with E-state index < -0.39 is 17.7 Å². The molecule has 4 nitrogen and oxygen atoms in total. The van der Waals surface area contributed by atoms with Crippen molar-refractivity contribution in [3.05, 3.63) is 76.0 Å². The van der Waals surface area contributed by atoms with E-state index in [1.165, 1.54) is 6.07 Å². The Morgan fingerprint density at radius 1 is 1.16 bits per heavy atom. The van der Waals surface area contributed by atoms with E-state index in [9.17, 15) is 23.1 Å². The van der Waals surface area contributed by atoms with Crippen molar-refractivity contribution < 1.29 is 27.8 Å². The average Bonchev–Trinajstić information content (AvgIpc) is 3.59. The Bertz CT molecular complexity index is 1030. The molecule has 170 valence electrons. The van der Waals surface area contributed by atoms with Crippen LogP contribution in [0.2, 0.25) is 5.02 Å². The first-order valence-electron chi connectivity index (χ1n) is 10.5. The number of alkyl halides is 3. The van der Waals surface area contributed by atoms with E-state index in [1.807, 2.05) is 17.2 Å². The van der Waals surface area contributed by atoms with Gasteiger partial charge in [-0.1, -0.05) is 17.7 Å². The zero-order valence-electron chi connectivity index (χ0n) is 17.2. The Morgan fingerprint density at radius 2 is 1.94 bits per heavy atom. The molecule has 1 aliphatic heterocycles. The highest BCUT2D eigenvalue weighted by atomic mass is 35.5. The molecule has 8 heteroatoms. The third kappa shape index (κ3) is 5.38. The molecule has 0 spiro atoms. The lowest BCUT2D eigenvalue weighted by Gasteiger charge is -2.28. The highest BCUT2D eigenvalue weighted by molar-refractivity contribution is 6.31. The topological polar surface area (TPSA) is 49.8 Å². The maximum atomic E-state index is 13.0. The largest absolute Gasteiger partial charge is 0.493 e. The molecule has 0 radical (unpaired) electrons. The fourth-order valence-electron chi connectivity index (χ4n) is 3.83. The molecule has 1 unspecified atom stereocenters. The quantitative estimate of drug-likeness (QED) is 0.517. The average molecular weight is 466 g/mol. The van der Waals surface area contributed by atoms with Crippen molar-refractivity contribution in [3.8, 4) is 5.75 Å². The molecule has 1 N–H and O–H groups in total. The third-order valence-electron chi connectivity index (χ3n) is 5.83. The molecule has 1 fully saturated rings. The van der Waals surface area contributed by atoms with Crippen molar-refractivity contribution >= 4 is 17.6 Å². The van der Waals surface area contributed by atoms with Crippen LogP contribution in [0.15, 0.2) is 48.7 Å². The maximum absolute atomic E-state index is 13.0. The van der Waals surface area contributed by atoms with Gasteiger partial charge in [0.05, 0.1) is 17.7 Å². The molecule has 2 aromatic rings. The van der Waals surface area contributed by atoms with Gasteiger partial charge in [-0.3, -0.25) is 0 Å². The van der Waals surface area contributed by atoms with Gasteiger partial charge in [0.15, 0.2) is 0 Å². The van der Waals surface area contributed by atoms with Crippen LogP contribution < -0.4 is 4.74 Å². The summed E-state index contributed by atoms with van der Waals surface area (Å²) in [4.78, 5) is 13.2. The summed E-state index contributed by atoms with van der Waals surface area (Å²) >= 11 is 6.11. The number of ether oxygens (including phenoxy) is 1. The molecule has 1 atom stereocenters. The Morgan fingerprint density at radius 3 is 2.56 bits per heavy atom. The van der Waals surface area contributed by atoms with Gasteiger partial charge in [-0.15, -0.1) is 0 Å². The Labute approximate surface area is 189 Å². The number of aromatic carboxylic acids is 1. The van der Waals surface area contributed by atoms with Crippen LogP contribution in [-0.2, 0) is 12.7 Å². The van der Waals surface area contributed by atoms with Gasteiger partial charge in [-0.2, -0.15) is 13.2 Å². The van der Waals surface area contributed by atoms with Crippen LogP contribution in [-0.4, -0.2) is 29.1 Å². The molecule has 1 heterocycles. The molecule has 2 aliphatic rings. The molecule has 0 bridgehead atoms. The van der Waals surface area contributed by atoms with Crippen molar-refractivity contribution in [2.75, 3.05) is 13.2 Å². The van der Waals surface area contributed by atoms with E-state index in [0.29, 0.717) is 36.2 Å². The fraction of sp³-hybridized carbons (Fsp3) is 0.375. The number of nitrogens with zero attached hydrogens (tertiary/aromatic N) is 1. The summed E-state index contributed by atoms with van der Waals surface area (Å²) in [7, 11) is 0. The summed E-state index contributed by atoms with van der Waals surface area (Å²) in [5.74, 6) is 0.298. The number of hydrogen-bond donors (Lipinski definition) is 1. The highest BCUT2D eigenvalue weighted by Crippen LogP contribution is 2.44. The summed E-state index contributed by atoms with van der Waals surface area (Å²) in [6.07, 6.45) is 2.34. The minimum absolute atomic E-state index is 0.162. The zero-order valence-corrected chi connectivity index (χ0v) is 18.0. The van der Waals surface area contributed by atoms with Crippen LogP contribution in [0.4, 0.5) is 13.2 Å². The maximum Gasteiger partial charge on any atom is 0.416 e. The lowest BCUT2D eigenvalue weighted by Crippen LogP contribution is -2.27. The van der Waals surface area contributed by atoms with E-state index in [1.54, 1.807) is 18.2 Å². The number of carboxylic acid groups (broad SMARTS) is 1. The van der Waals surface area contributed by atoms with Gasteiger partial charge in [0.25, 0.3) is 0 Å². The Hall–Kier alpha value is -2.67. The molecule has 0 aromatic heterocycles. The van der Waals surface area contributed by atoms with Crippen LogP contribution in [0.1, 0.15) is 52.2 Å². The van der Waals surface area contributed by atoms with Crippen molar-refractivity contribution in [3.63, 3.8) is 0 Å². The van der Waals surface area contributed by atoms with E-state index >= 15 is 0 Å². The Balaban J connectivity index is 1.36. The SMILES string of the molecule is O=C(O)c1ccc(OCC2C=CN(Cc3cc(C(F)(F)F)ccc3Cl)CC2)c(C2CC2)c1. The van der Waals surface area contributed by atoms with Crippen molar-refractivity contribution in [2.24, 2.45) is 5.92 Å². The molecular formula is C24H23ClF3NO3. The molecule has 32 heavy (non-hydrogen) atoms. The van der Waals surface area contributed by atoms with Gasteiger partial charge in [0.1, 0.15) is 5.75 Å².